The number of nitrogens with two attached hydrogens (primary N) is 1. The Morgan fingerprint density at radius 1 is 1.27 bits per heavy atom. The summed E-state index contributed by atoms with van der Waals surface area (Å²) < 4.78 is 27.7. The topological polar surface area (TPSA) is 124 Å². The lowest BCUT2D eigenvalue weighted by Crippen LogP contribution is -2.11. The Labute approximate surface area is 154 Å². The van der Waals surface area contributed by atoms with Gasteiger partial charge in [0.2, 0.25) is 10.0 Å². The Morgan fingerprint density at radius 3 is 2.58 bits per heavy atom. The second-order valence-electron chi connectivity index (χ2n) is 5.37. The van der Waals surface area contributed by atoms with Crippen molar-refractivity contribution in [2.75, 3.05) is 11.9 Å². The summed E-state index contributed by atoms with van der Waals surface area (Å²) >= 11 is 1.24. The van der Waals surface area contributed by atoms with Gasteiger partial charge in [-0.15, -0.1) is 11.3 Å². The Morgan fingerprint density at radius 2 is 1.96 bits per heavy atom. The van der Waals surface area contributed by atoms with Crippen molar-refractivity contribution in [1.29, 1.82) is 0 Å². The summed E-state index contributed by atoms with van der Waals surface area (Å²) in [7, 11) is -3.75. The average Bonchev–Trinajstić information content (AvgIpc) is 2.93. The molecule has 1 aromatic carbocycles. The van der Waals surface area contributed by atoms with Gasteiger partial charge in [-0.2, -0.15) is 0 Å². The first-order valence-electron chi connectivity index (χ1n) is 7.62. The minimum atomic E-state index is -3.75. The quantitative estimate of drug-likeness (QED) is 0.639. The fourth-order valence-electron chi connectivity index (χ4n) is 2.42. The molecule has 0 amide bonds. The van der Waals surface area contributed by atoms with E-state index < -0.39 is 16.0 Å². The second kappa shape index (κ2) is 6.98. The molecule has 26 heavy (non-hydrogen) atoms. The number of ether oxygens (including phenoxy) is 1. The normalized spacial score (nSPS) is 11.5. The van der Waals surface area contributed by atoms with Crippen LogP contribution in [0.3, 0.4) is 0 Å². The monoisotopic (exact) mass is 392 g/mol. The van der Waals surface area contributed by atoms with E-state index in [1.807, 2.05) is 6.92 Å². The second-order valence-corrected chi connectivity index (χ2v) is 7.93. The fourth-order valence-corrected chi connectivity index (χ4v) is 3.98. The number of fused-ring (bicyclic) bond motifs is 1. The first-order valence-corrected chi connectivity index (χ1v) is 9.98. The molecule has 136 valence electrons. The number of nitrogens with one attached hydrogen (secondary N) is 1. The molecule has 8 nitrogen and oxygen atoms in total. The number of carbonyl (C=O) groups excluding carboxylic acids is 1. The van der Waals surface area contributed by atoms with Crippen LogP contribution in [0.5, 0.6) is 0 Å². The number of rotatable bonds is 5. The number of hydrogen-bond acceptors (Lipinski definition) is 8. The molecule has 0 saturated carbocycles. The zero-order valence-corrected chi connectivity index (χ0v) is 15.6. The van der Waals surface area contributed by atoms with Gasteiger partial charge < -0.3 is 10.1 Å². The third-order valence-electron chi connectivity index (χ3n) is 3.63. The summed E-state index contributed by atoms with van der Waals surface area (Å²) in [6, 6.07) is 5.98. The van der Waals surface area contributed by atoms with Gasteiger partial charge in [-0.3, -0.25) is 0 Å². The predicted molar refractivity (Wildman–Crippen MR) is 99.2 cm³/mol. The summed E-state index contributed by atoms with van der Waals surface area (Å²) in [5, 5.41) is 8.94. The lowest BCUT2D eigenvalue weighted by Gasteiger charge is -2.08. The predicted octanol–water partition coefficient (Wildman–Crippen LogP) is 2.57. The molecule has 3 rings (SSSR count). The van der Waals surface area contributed by atoms with Crippen LogP contribution in [0, 0.1) is 6.92 Å². The van der Waals surface area contributed by atoms with Crippen LogP contribution in [-0.4, -0.2) is 31.0 Å². The number of benzene rings is 1. The maximum Gasteiger partial charge on any atom is 0.348 e. The number of hydrogen-bond donors (Lipinski definition) is 2. The largest absolute Gasteiger partial charge is 0.462 e. The van der Waals surface area contributed by atoms with Gasteiger partial charge in [0.15, 0.2) is 0 Å². The van der Waals surface area contributed by atoms with E-state index in [0.29, 0.717) is 27.8 Å². The highest BCUT2D eigenvalue weighted by Crippen LogP contribution is 2.34. The Balaban J connectivity index is 1.99. The van der Waals surface area contributed by atoms with Gasteiger partial charge in [-0.25, -0.2) is 28.3 Å². The van der Waals surface area contributed by atoms with E-state index in [1.165, 1.54) is 29.8 Å². The van der Waals surface area contributed by atoms with E-state index in [-0.39, 0.29) is 4.90 Å². The molecule has 0 saturated heterocycles. The van der Waals surface area contributed by atoms with Crippen molar-refractivity contribution >= 4 is 49.1 Å². The maximum absolute atomic E-state index is 12.1. The summed E-state index contributed by atoms with van der Waals surface area (Å²) in [5.74, 6) is 0.124. The molecule has 0 spiro atoms. The minimum absolute atomic E-state index is 0.0206. The molecule has 0 aliphatic carbocycles. The minimum Gasteiger partial charge on any atom is -0.462 e. The number of thiophene rings is 1. The highest BCUT2D eigenvalue weighted by molar-refractivity contribution is 7.89. The lowest BCUT2D eigenvalue weighted by atomic mass is 10.2. The first kappa shape index (κ1) is 18.2. The van der Waals surface area contributed by atoms with E-state index in [1.54, 1.807) is 19.1 Å². The van der Waals surface area contributed by atoms with Crippen LogP contribution in [0.4, 0.5) is 11.5 Å². The number of aryl methyl sites for hydroxylation is 1. The van der Waals surface area contributed by atoms with Crippen LogP contribution in [0.25, 0.3) is 10.2 Å². The van der Waals surface area contributed by atoms with Crippen LogP contribution in [0.1, 0.15) is 22.2 Å². The van der Waals surface area contributed by atoms with Crippen molar-refractivity contribution in [2.24, 2.45) is 5.14 Å². The molecule has 2 heterocycles. The van der Waals surface area contributed by atoms with Gasteiger partial charge in [0.1, 0.15) is 21.9 Å². The standard InChI is InChI=1S/C16H16N4O4S2/c1-3-24-16(21)13-9(2)12-14(18-8-19-15(12)25-13)20-10-4-6-11(7-5-10)26(17,22)23/h4-8H,3H2,1-2H3,(H2,17,22,23)(H,18,19,20). The van der Waals surface area contributed by atoms with Crippen LogP contribution >= 0.6 is 11.3 Å². The molecule has 0 aliphatic rings. The molecule has 0 bridgehead atoms. The zero-order valence-electron chi connectivity index (χ0n) is 14.0. The number of aromatic nitrogens is 2. The molecule has 10 heteroatoms. The smallest absolute Gasteiger partial charge is 0.348 e. The molecule has 0 atom stereocenters. The molecule has 3 N–H and O–H groups in total. The summed E-state index contributed by atoms with van der Waals surface area (Å²) in [6.07, 6.45) is 1.40. The van der Waals surface area contributed by atoms with E-state index >= 15 is 0 Å². The zero-order chi connectivity index (χ0) is 18.9. The van der Waals surface area contributed by atoms with Gasteiger partial charge in [0.25, 0.3) is 0 Å². The van der Waals surface area contributed by atoms with Crippen molar-refractivity contribution in [3.8, 4) is 0 Å². The van der Waals surface area contributed by atoms with Crippen molar-refractivity contribution in [3.05, 3.63) is 41.0 Å². The van der Waals surface area contributed by atoms with Gasteiger partial charge in [0, 0.05) is 5.69 Å². The van der Waals surface area contributed by atoms with E-state index in [2.05, 4.69) is 15.3 Å². The summed E-state index contributed by atoms with van der Waals surface area (Å²) in [5.41, 5.74) is 1.35. The molecule has 3 aromatic rings. The highest BCUT2D eigenvalue weighted by Gasteiger charge is 2.20. The van der Waals surface area contributed by atoms with Crippen molar-refractivity contribution < 1.29 is 17.9 Å². The molecular weight excluding hydrogens is 376 g/mol. The van der Waals surface area contributed by atoms with Crippen LogP contribution in [-0.2, 0) is 14.8 Å². The number of esters is 1. The third-order valence-corrected chi connectivity index (χ3v) is 5.74. The maximum atomic E-state index is 12.1. The van der Waals surface area contributed by atoms with Crippen LogP contribution in [0.2, 0.25) is 0 Å². The van der Waals surface area contributed by atoms with E-state index in [4.69, 9.17) is 9.88 Å². The fraction of sp³-hybridized carbons (Fsp3) is 0.188. The third kappa shape index (κ3) is 3.52. The van der Waals surface area contributed by atoms with Crippen LogP contribution in [0.15, 0.2) is 35.5 Å². The molecule has 0 fully saturated rings. The number of anilines is 2. The number of primary sulfonamides is 1. The molecule has 0 aliphatic heterocycles. The Hall–Kier alpha value is -2.56. The molecule has 0 radical (unpaired) electrons. The Bertz CT molecular complexity index is 1080. The molecule has 0 unspecified atom stereocenters. The Kier molecular flexibility index (Phi) is 4.90. The van der Waals surface area contributed by atoms with Crippen molar-refractivity contribution in [3.63, 3.8) is 0 Å². The van der Waals surface area contributed by atoms with Gasteiger partial charge in [-0.1, -0.05) is 0 Å². The number of sulfonamides is 1. The SMILES string of the molecule is CCOC(=O)c1sc2ncnc(Nc3ccc(S(N)(=O)=O)cc3)c2c1C. The van der Waals surface area contributed by atoms with Gasteiger partial charge in [-0.05, 0) is 43.7 Å². The highest BCUT2D eigenvalue weighted by atomic mass is 32.2. The average molecular weight is 392 g/mol. The van der Waals surface area contributed by atoms with Gasteiger partial charge >= 0.3 is 5.97 Å². The summed E-state index contributed by atoms with van der Waals surface area (Å²) in [4.78, 5) is 21.7. The summed E-state index contributed by atoms with van der Waals surface area (Å²) in [6.45, 7) is 3.85. The van der Waals surface area contributed by atoms with Crippen molar-refractivity contribution in [2.45, 2.75) is 18.7 Å². The van der Waals surface area contributed by atoms with Crippen LogP contribution < -0.4 is 10.5 Å². The number of nitrogens with zero attached hydrogens (tertiary/aromatic N) is 2. The molecular formula is C16H16N4O4S2. The van der Waals surface area contributed by atoms with E-state index in [9.17, 15) is 13.2 Å². The van der Waals surface area contributed by atoms with Crippen molar-refractivity contribution in [1.82, 2.24) is 9.97 Å². The van der Waals surface area contributed by atoms with E-state index in [0.717, 1.165) is 10.9 Å². The number of carbonyl (C=O) groups is 1. The van der Waals surface area contributed by atoms with Gasteiger partial charge in [0.05, 0.1) is 16.9 Å². The lowest BCUT2D eigenvalue weighted by molar-refractivity contribution is 0.0531. The first-order chi connectivity index (χ1) is 12.3. The molecule has 2 aromatic heterocycles.